The number of ether oxygens (including phenoxy) is 1. The summed E-state index contributed by atoms with van der Waals surface area (Å²) in [5, 5.41) is 11.1. The van der Waals surface area contributed by atoms with Crippen molar-refractivity contribution < 1.29 is 4.74 Å². The zero-order chi connectivity index (χ0) is 21.7. The molecule has 158 valence electrons. The van der Waals surface area contributed by atoms with Gasteiger partial charge in [-0.1, -0.05) is 55.8 Å². The first-order valence-electron chi connectivity index (χ1n) is 11.0. The van der Waals surface area contributed by atoms with Crippen molar-refractivity contribution in [2.75, 3.05) is 11.9 Å². The van der Waals surface area contributed by atoms with Gasteiger partial charge in [-0.05, 0) is 61.2 Å². The van der Waals surface area contributed by atoms with Gasteiger partial charge in [-0.25, -0.2) is 4.68 Å². The molecule has 1 N–H and O–H groups in total. The molecule has 1 atom stereocenters. The highest BCUT2D eigenvalue weighted by Crippen LogP contribution is 2.44. The molecule has 1 aliphatic rings. The number of hydrogen-bond acceptors (Lipinski definition) is 3. The molecule has 4 aromatic rings. The third-order valence-corrected chi connectivity index (χ3v) is 5.92. The fourth-order valence-electron chi connectivity index (χ4n) is 4.61. The summed E-state index contributed by atoms with van der Waals surface area (Å²) in [6.07, 6.45) is -0.147. The molecule has 0 aliphatic carbocycles. The molecule has 31 heavy (non-hydrogen) atoms. The topological polar surface area (TPSA) is 39.1 Å². The number of rotatable bonds is 4. The zero-order valence-corrected chi connectivity index (χ0v) is 18.9. The van der Waals surface area contributed by atoms with Crippen LogP contribution in [-0.2, 0) is 0 Å². The third-order valence-electron chi connectivity index (χ3n) is 5.92. The van der Waals surface area contributed by atoms with E-state index in [1.54, 1.807) is 0 Å². The zero-order valence-electron chi connectivity index (χ0n) is 18.9. The van der Waals surface area contributed by atoms with Crippen LogP contribution in [-0.4, -0.2) is 16.4 Å². The van der Waals surface area contributed by atoms with E-state index in [1.165, 1.54) is 33.2 Å². The second-order valence-electron chi connectivity index (χ2n) is 9.07. The van der Waals surface area contributed by atoms with E-state index < -0.39 is 0 Å². The van der Waals surface area contributed by atoms with Gasteiger partial charge < -0.3 is 10.1 Å². The van der Waals surface area contributed by atoms with Crippen molar-refractivity contribution >= 4 is 16.5 Å². The second-order valence-corrected chi connectivity index (χ2v) is 9.07. The van der Waals surface area contributed by atoms with Crippen molar-refractivity contribution in [2.24, 2.45) is 5.92 Å². The summed E-state index contributed by atoms with van der Waals surface area (Å²) in [5.41, 5.74) is 8.17. The Morgan fingerprint density at radius 1 is 1.03 bits per heavy atom. The summed E-state index contributed by atoms with van der Waals surface area (Å²) in [6.45, 7) is 11.4. The Labute approximate surface area is 183 Å². The summed E-state index contributed by atoms with van der Waals surface area (Å²) >= 11 is 0. The number of anilines is 1. The largest absolute Gasteiger partial charge is 0.493 e. The van der Waals surface area contributed by atoms with Crippen LogP contribution in [0.25, 0.3) is 22.0 Å². The highest BCUT2D eigenvalue weighted by Gasteiger charge is 2.31. The van der Waals surface area contributed by atoms with Gasteiger partial charge in [0.2, 0.25) is 0 Å². The Morgan fingerprint density at radius 3 is 2.65 bits per heavy atom. The molecule has 2 heterocycles. The number of nitrogens with zero attached hydrogens (tertiary/aromatic N) is 2. The number of nitrogens with one attached hydrogen (secondary N) is 1. The predicted molar refractivity (Wildman–Crippen MR) is 128 cm³/mol. The van der Waals surface area contributed by atoms with Crippen LogP contribution < -0.4 is 10.1 Å². The lowest BCUT2D eigenvalue weighted by Gasteiger charge is -2.32. The van der Waals surface area contributed by atoms with Gasteiger partial charge >= 0.3 is 0 Å². The van der Waals surface area contributed by atoms with E-state index in [0.717, 1.165) is 22.7 Å². The van der Waals surface area contributed by atoms with Gasteiger partial charge in [0.05, 0.1) is 18.0 Å². The standard InChI is InChI=1S/C27H29N3O/c1-16(2)15-31-24-11-10-20-8-6-7-9-21(20)25(24)27-28-26-18(4)12-17(3)13-22(26)23-14-19(5)29-30(23)27/h6-14,16,27-28H,15H2,1-5H3. The van der Waals surface area contributed by atoms with E-state index in [-0.39, 0.29) is 6.17 Å². The van der Waals surface area contributed by atoms with Crippen molar-refractivity contribution in [1.29, 1.82) is 0 Å². The molecule has 0 fully saturated rings. The van der Waals surface area contributed by atoms with Crippen LogP contribution in [0.5, 0.6) is 5.75 Å². The summed E-state index contributed by atoms with van der Waals surface area (Å²) in [4.78, 5) is 0. The average Bonchev–Trinajstić information content (AvgIpc) is 3.13. The van der Waals surface area contributed by atoms with E-state index in [4.69, 9.17) is 9.84 Å². The first-order valence-corrected chi connectivity index (χ1v) is 11.0. The maximum Gasteiger partial charge on any atom is 0.151 e. The van der Waals surface area contributed by atoms with E-state index >= 15 is 0 Å². The van der Waals surface area contributed by atoms with Crippen molar-refractivity contribution in [3.8, 4) is 17.0 Å². The van der Waals surface area contributed by atoms with Crippen molar-refractivity contribution in [3.63, 3.8) is 0 Å². The minimum Gasteiger partial charge on any atom is -0.493 e. The van der Waals surface area contributed by atoms with Gasteiger partial charge in [-0.2, -0.15) is 5.10 Å². The summed E-state index contributed by atoms with van der Waals surface area (Å²) in [7, 11) is 0. The number of aromatic nitrogens is 2. The Balaban J connectivity index is 1.76. The molecule has 0 bridgehead atoms. The molecule has 1 aromatic heterocycles. The molecule has 3 aromatic carbocycles. The molecule has 0 amide bonds. The molecule has 1 aliphatic heterocycles. The Kier molecular flexibility index (Phi) is 4.73. The molecule has 1 unspecified atom stereocenters. The quantitative estimate of drug-likeness (QED) is 0.409. The van der Waals surface area contributed by atoms with Crippen molar-refractivity contribution in [1.82, 2.24) is 9.78 Å². The molecular formula is C27H29N3O. The predicted octanol–water partition coefficient (Wildman–Crippen LogP) is 6.64. The smallest absolute Gasteiger partial charge is 0.151 e. The van der Waals surface area contributed by atoms with Gasteiger partial charge in [0.15, 0.2) is 6.17 Å². The van der Waals surface area contributed by atoms with Crippen molar-refractivity contribution in [2.45, 2.75) is 40.8 Å². The highest BCUT2D eigenvalue weighted by molar-refractivity contribution is 5.90. The Morgan fingerprint density at radius 2 is 1.84 bits per heavy atom. The van der Waals surface area contributed by atoms with Crippen molar-refractivity contribution in [3.05, 3.63) is 77.0 Å². The van der Waals surface area contributed by atoms with E-state index in [1.807, 2.05) is 0 Å². The van der Waals surface area contributed by atoms with E-state index in [9.17, 15) is 0 Å². The lowest BCUT2D eigenvalue weighted by molar-refractivity contribution is 0.267. The number of hydrogen-bond donors (Lipinski definition) is 1. The Bertz CT molecular complexity index is 1290. The fourth-order valence-corrected chi connectivity index (χ4v) is 4.61. The normalized spacial score (nSPS) is 15.0. The van der Waals surface area contributed by atoms with Crippen LogP contribution in [0.2, 0.25) is 0 Å². The van der Waals surface area contributed by atoms with Crippen LogP contribution in [0.15, 0.2) is 54.6 Å². The summed E-state index contributed by atoms with van der Waals surface area (Å²) in [5.74, 6) is 1.37. The molecule has 5 rings (SSSR count). The van der Waals surface area contributed by atoms with Gasteiger partial charge in [-0.15, -0.1) is 0 Å². The maximum absolute atomic E-state index is 6.34. The lowest BCUT2D eigenvalue weighted by atomic mass is 9.95. The number of benzene rings is 3. The van der Waals surface area contributed by atoms with E-state index in [0.29, 0.717) is 12.5 Å². The summed E-state index contributed by atoms with van der Waals surface area (Å²) < 4.78 is 8.46. The van der Waals surface area contributed by atoms with E-state index in [2.05, 4.69) is 99.2 Å². The minimum atomic E-state index is -0.147. The Hall–Kier alpha value is -3.27. The lowest BCUT2D eigenvalue weighted by Crippen LogP contribution is -2.27. The molecule has 0 saturated carbocycles. The van der Waals surface area contributed by atoms with Gasteiger partial charge in [-0.3, -0.25) is 0 Å². The monoisotopic (exact) mass is 411 g/mol. The minimum absolute atomic E-state index is 0.147. The molecule has 4 heteroatoms. The molecule has 0 spiro atoms. The molecule has 0 radical (unpaired) electrons. The molecule has 0 saturated heterocycles. The van der Waals surface area contributed by atoms with Crippen LogP contribution in [0, 0.1) is 26.7 Å². The maximum atomic E-state index is 6.34. The van der Waals surface area contributed by atoms with Gasteiger partial charge in [0.1, 0.15) is 5.75 Å². The van der Waals surface area contributed by atoms with Crippen LogP contribution >= 0.6 is 0 Å². The van der Waals surface area contributed by atoms with Gasteiger partial charge in [0, 0.05) is 16.8 Å². The van der Waals surface area contributed by atoms with Crippen LogP contribution in [0.4, 0.5) is 5.69 Å². The third kappa shape index (κ3) is 3.36. The SMILES string of the molecule is Cc1cc(C)c2c(c1)-c1cc(C)nn1C(c1c(OCC(C)C)ccc3ccccc13)N2. The van der Waals surface area contributed by atoms with Crippen LogP contribution in [0.1, 0.15) is 42.4 Å². The van der Waals surface area contributed by atoms with Gasteiger partial charge in [0.25, 0.3) is 0 Å². The molecule has 4 nitrogen and oxygen atoms in total. The first-order chi connectivity index (χ1) is 14.9. The first kappa shape index (κ1) is 19.7. The average molecular weight is 412 g/mol. The summed E-state index contributed by atoms with van der Waals surface area (Å²) in [6, 6.07) is 19.4. The fraction of sp³-hybridized carbons (Fsp3) is 0.296. The number of fused-ring (bicyclic) bond motifs is 4. The van der Waals surface area contributed by atoms with Crippen LogP contribution in [0.3, 0.4) is 0 Å². The number of aryl methyl sites for hydroxylation is 3. The second kappa shape index (κ2) is 7.45. The highest BCUT2D eigenvalue weighted by atomic mass is 16.5. The molecular weight excluding hydrogens is 382 g/mol.